The van der Waals surface area contributed by atoms with Gasteiger partial charge in [0, 0.05) is 11.8 Å². The number of hydrogen-bond acceptors (Lipinski definition) is 6. The lowest BCUT2D eigenvalue weighted by atomic mass is 10.1. The molecule has 0 aliphatic rings. The largest absolute Gasteiger partial charge is 0.316 e. The van der Waals surface area contributed by atoms with Gasteiger partial charge in [-0.05, 0) is 54.4 Å². The number of aromatic nitrogens is 2. The number of H-pyrrole nitrogens is 2. The molecule has 12 heteroatoms. The molecule has 34 heavy (non-hydrogen) atoms. The summed E-state index contributed by atoms with van der Waals surface area (Å²) in [7, 11) is -7.40. The summed E-state index contributed by atoms with van der Waals surface area (Å²) in [6.45, 7) is 1.56. The van der Waals surface area contributed by atoms with Crippen molar-refractivity contribution >= 4 is 48.2 Å². The summed E-state index contributed by atoms with van der Waals surface area (Å²) >= 11 is 6.38. The number of benzene rings is 3. The van der Waals surface area contributed by atoms with Gasteiger partial charge in [0.25, 0.3) is 10.0 Å². The minimum absolute atomic E-state index is 0.0840. The van der Waals surface area contributed by atoms with E-state index in [1.54, 1.807) is 25.1 Å². The third-order valence-electron chi connectivity index (χ3n) is 5.12. The number of sulfone groups is 1. The Kier molecular flexibility index (Phi) is 5.88. The highest BCUT2D eigenvalue weighted by atomic mass is 35.5. The Labute approximate surface area is 199 Å². The number of fused-ring (bicyclic) bond motifs is 1. The van der Waals surface area contributed by atoms with E-state index in [4.69, 9.17) is 11.6 Å². The first-order valence-corrected chi connectivity index (χ1v) is 13.5. The number of halogens is 1. The Bertz CT molecular complexity index is 1770. The molecule has 0 bridgehead atoms. The van der Waals surface area contributed by atoms with Gasteiger partial charge in [-0.2, -0.15) is 0 Å². The second-order valence-corrected chi connectivity index (χ2v) is 11.7. The van der Waals surface area contributed by atoms with E-state index in [1.807, 2.05) is 0 Å². The van der Waals surface area contributed by atoms with E-state index in [9.17, 15) is 26.4 Å². The van der Waals surface area contributed by atoms with Crippen molar-refractivity contribution in [2.75, 3.05) is 11.0 Å². The molecule has 0 amide bonds. The molecule has 4 aromatic rings. The highest BCUT2D eigenvalue weighted by molar-refractivity contribution is 7.92. The minimum Gasteiger partial charge on any atom is -0.316 e. The van der Waals surface area contributed by atoms with Crippen molar-refractivity contribution in [3.63, 3.8) is 0 Å². The Balaban J connectivity index is 1.67. The SMILES string of the molecule is Cc1cc2[nH]c(=O)c(=O)[nH]c2cc1S(=O)(=O)Nc1ccc(-c2ccc(S(C)(=O)=O)cc2)c(Cl)c1. The van der Waals surface area contributed by atoms with Crippen molar-refractivity contribution in [3.05, 3.63) is 85.9 Å². The summed E-state index contributed by atoms with van der Waals surface area (Å²) in [5.74, 6) is 0. The minimum atomic E-state index is -4.06. The molecular weight excluding hydrogens is 502 g/mol. The van der Waals surface area contributed by atoms with Gasteiger partial charge < -0.3 is 9.97 Å². The maximum Gasteiger partial charge on any atom is 0.314 e. The number of rotatable bonds is 5. The Hall–Kier alpha value is -3.41. The first kappa shape index (κ1) is 23.7. The molecule has 176 valence electrons. The number of nitrogens with one attached hydrogen (secondary N) is 3. The predicted molar refractivity (Wildman–Crippen MR) is 131 cm³/mol. The van der Waals surface area contributed by atoms with Crippen LogP contribution in [0.3, 0.4) is 0 Å². The zero-order valence-electron chi connectivity index (χ0n) is 17.8. The van der Waals surface area contributed by atoms with Crippen LogP contribution in [0, 0.1) is 6.92 Å². The molecular formula is C22H18ClN3O6S2. The summed E-state index contributed by atoms with van der Waals surface area (Å²) < 4.78 is 51.8. The lowest BCUT2D eigenvalue weighted by Gasteiger charge is -2.13. The van der Waals surface area contributed by atoms with Gasteiger partial charge in [-0.15, -0.1) is 0 Å². The number of hydrogen-bond donors (Lipinski definition) is 3. The maximum absolute atomic E-state index is 13.0. The average molecular weight is 520 g/mol. The molecule has 0 unspecified atom stereocenters. The van der Waals surface area contributed by atoms with Crippen LogP contribution in [0.2, 0.25) is 5.02 Å². The topological polar surface area (TPSA) is 146 Å². The van der Waals surface area contributed by atoms with Crippen LogP contribution >= 0.6 is 11.6 Å². The van der Waals surface area contributed by atoms with Gasteiger partial charge in [0.2, 0.25) is 0 Å². The standard InChI is InChI=1S/C22H18ClN3O6S2/c1-12-9-18-19(25-22(28)21(27)24-18)11-20(12)34(31,32)26-14-5-8-16(17(23)10-14)13-3-6-15(7-4-13)33(2,29)30/h3-11,26H,1-2H3,(H,24,27)(H,25,28). The van der Waals surface area contributed by atoms with Crippen LogP contribution in [-0.2, 0) is 19.9 Å². The summed E-state index contributed by atoms with van der Waals surface area (Å²) in [4.78, 5) is 28.0. The van der Waals surface area contributed by atoms with Gasteiger partial charge in [-0.1, -0.05) is 29.8 Å². The summed E-state index contributed by atoms with van der Waals surface area (Å²) in [6, 6.07) is 13.5. The fraction of sp³-hybridized carbons (Fsp3) is 0.0909. The fourth-order valence-electron chi connectivity index (χ4n) is 3.45. The summed E-state index contributed by atoms with van der Waals surface area (Å²) in [6.07, 6.45) is 1.12. The molecule has 0 aliphatic carbocycles. The molecule has 1 aromatic heterocycles. The van der Waals surface area contributed by atoms with Gasteiger partial charge in [0.15, 0.2) is 9.84 Å². The van der Waals surface area contributed by atoms with Crippen LogP contribution in [0.1, 0.15) is 5.56 Å². The van der Waals surface area contributed by atoms with Gasteiger partial charge >= 0.3 is 11.1 Å². The van der Waals surface area contributed by atoms with Crippen LogP contribution in [0.4, 0.5) is 5.69 Å². The quantitative estimate of drug-likeness (QED) is 0.345. The zero-order chi connectivity index (χ0) is 24.8. The first-order valence-electron chi connectivity index (χ1n) is 9.75. The zero-order valence-corrected chi connectivity index (χ0v) is 20.2. The van der Waals surface area contributed by atoms with Gasteiger partial charge in [-0.3, -0.25) is 14.3 Å². The van der Waals surface area contributed by atoms with Crippen molar-refractivity contribution in [1.82, 2.24) is 9.97 Å². The summed E-state index contributed by atoms with van der Waals surface area (Å²) in [5, 5.41) is 0.254. The number of anilines is 1. The van der Waals surface area contributed by atoms with Crippen LogP contribution in [-0.4, -0.2) is 33.1 Å². The molecule has 4 rings (SSSR count). The van der Waals surface area contributed by atoms with Crippen LogP contribution in [0.15, 0.2) is 74.0 Å². The average Bonchev–Trinajstić information content (AvgIpc) is 2.74. The van der Waals surface area contributed by atoms with E-state index < -0.39 is 31.0 Å². The van der Waals surface area contributed by atoms with E-state index in [0.717, 1.165) is 6.26 Å². The summed E-state index contributed by atoms with van der Waals surface area (Å²) in [5.41, 5.74) is 0.563. The van der Waals surface area contributed by atoms with Crippen LogP contribution in [0.25, 0.3) is 22.2 Å². The highest BCUT2D eigenvalue weighted by Crippen LogP contribution is 2.32. The highest BCUT2D eigenvalue weighted by Gasteiger charge is 2.19. The molecule has 0 aliphatic heterocycles. The molecule has 0 radical (unpaired) electrons. The van der Waals surface area contributed by atoms with Crippen molar-refractivity contribution in [2.24, 2.45) is 0 Å². The van der Waals surface area contributed by atoms with Crippen molar-refractivity contribution in [1.29, 1.82) is 0 Å². The molecule has 0 atom stereocenters. The van der Waals surface area contributed by atoms with Gasteiger partial charge in [-0.25, -0.2) is 16.8 Å². The lowest BCUT2D eigenvalue weighted by Crippen LogP contribution is -2.29. The predicted octanol–water partition coefficient (Wildman–Crippen LogP) is 3.05. The molecule has 0 fully saturated rings. The van der Waals surface area contributed by atoms with Crippen molar-refractivity contribution in [3.8, 4) is 11.1 Å². The number of aromatic amines is 2. The van der Waals surface area contributed by atoms with Gasteiger partial charge in [0.1, 0.15) is 0 Å². The van der Waals surface area contributed by atoms with E-state index in [2.05, 4.69) is 14.7 Å². The molecule has 3 N–H and O–H groups in total. The molecule has 1 heterocycles. The maximum atomic E-state index is 13.0. The molecule has 0 saturated heterocycles. The third-order valence-corrected chi connectivity index (χ3v) is 8.09. The fourth-order valence-corrected chi connectivity index (χ4v) is 5.67. The van der Waals surface area contributed by atoms with E-state index in [0.29, 0.717) is 22.2 Å². The monoisotopic (exact) mass is 519 g/mol. The van der Waals surface area contributed by atoms with Gasteiger partial charge in [0.05, 0.1) is 31.5 Å². The molecule has 9 nitrogen and oxygen atoms in total. The Morgan fingerprint density at radius 1 is 0.824 bits per heavy atom. The van der Waals surface area contributed by atoms with E-state index in [-0.39, 0.29) is 26.0 Å². The second-order valence-electron chi connectivity index (χ2n) is 7.67. The first-order chi connectivity index (χ1) is 15.8. The van der Waals surface area contributed by atoms with E-state index in [1.165, 1.54) is 36.4 Å². The van der Waals surface area contributed by atoms with Crippen molar-refractivity contribution in [2.45, 2.75) is 16.7 Å². The van der Waals surface area contributed by atoms with E-state index >= 15 is 0 Å². The Morgan fingerprint density at radius 2 is 1.41 bits per heavy atom. The third kappa shape index (κ3) is 4.63. The normalized spacial score (nSPS) is 12.1. The van der Waals surface area contributed by atoms with Crippen LogP contribution < -0.4 is 15.8 Å². The second kappa shape index (κ2) is 8.42. The molecule has 0 spiro atoms. The lowest BCUT2D eigenvalue weighted by molar-refractivity contribution is 0.599. The van der Waals surface area contributed by atoms with Crippen molar-refractivity contribution < 1.29 is 16.8 Å². The smallest absolute Gasteiger partial charge is 0.314 e. The number of aryl methyl sites for hydroxylation is 1. The number of sulfonamides is 1. The Morgan fingerprint density at radius 3 is 1.97 bits per heavy atom. The molecule has 3 aromatic carbocycles. The van der Waals surface area contributed by atoms with Crippen LogP contribution in [0.5, 0.6) is 0 Å². The molecule has 0 saturated carbocycles.